The van der Waals surface area contributed by atoms with Gasteiger partial charge in [0.2, 0.25) is 5.91 Å². The fourth-order valence-electron chi connectivity index (χ4n) is 2.73. The first-order chi connectivity index (χ1) is 9.95. The van der Waals surface area contributed by atoms with Crippen LogP contribution in [0.4, 0.5) is 11.4 Å². The fourth-order valence-corrected chi connectivity index (χ4v) is 2.73. The molecule has 0 aliphatic carbocycles. The van der Waals surface area contributed by atoms with Crippen LogP contribution in [0, 0.1) is 6.92 Å². The lowest BCUT2D eigenvalue weighted by Gasteiger charge is -2.20. The third-order valence-corrected chi connectivity index (χ3v) is 3.83. The Kier molecular flexibility index (Phi) is 3.05. The summed E-state index contributed by atoms with van der Waals surface area (Å²) >= 11 is 0. The van der Waals surface area contributed by atoms with Crippen molar-refractivity contribution in [1.82, 2.24) is 4.57 Å². The number of rotatable bonds is 1. The molecule has 1 aromatic carbocycles. The fraction of sp³-hybridized carbons (Fsp3) is 0.250. The number of nitrogens with two attached hydrogens (primary N) is 1. The molecule has 5 heteroatoms. The Morgan fingerprint density at radius 1 is 1.14 bits per heavy atom. The van der Waals surface area contributed by atoms with E-state index in [0.29, 0.717) is 24.1 Å². The molecule has 21 heavy (non-hydrogen) atoms. The molecule has 0 atom stereocenters. The van der Waals surface area contributed by atoms with Gasteiger partial charge in [0.15, 0.2) is 0 Å². The molecule has 0 saturated carbocycles. The van der Waals surface area contributed by atoms with Gasteiger partial charge >= 0.3 is 0 Å². The van der Waals surface area contributed by atoms with Gasteiger partial charge in [-0.1, -0.05) is 0 Å². The number of carbonyl (C=O) groups is 1. The molecule has 108 valence electrons. The zero-order chi connectivity index (χ0) is 15.1. The lowest BCUT2D eigenvalue weighted by molar-refractivity contribution is -0.116. The first-order valence-corrected chi connectivity index (χ1v) is 6.85. The SMILES string of the molecule is Cc1cc(-c2cc(N)c3c(c2)CCC(=O)N3)cn(C)c1=O. The third-order valence-electron chi connectivity index (χ3n) is 3.83. The summed E-state index contributed by atoms with van der Waals surface area (Å²) in [5.74, 6) is -0.0000905. The Balaban J connectivity index is 2.14. The number of benzene rings is 1. The molecule has 2 aromatic rings. The molecule has 1 aromatic heterocycles. The standard InChI is InChI=1S/C16H17N3O2/c1-9-5-12(8-19(2)16(9)21)11-6-10-3-4-14(20)18-15(10)13(17)7-11/h5-8H,3-4,17H2,1-2H3,(H,18,20). The first kappa shape index (κ1) is 13.4. The minimum atomic E-state index is -0.00283. The third kappa shape index (κ3) is 2.31. The number of nitrogens with one attached hydrogen (secondary N) is 1. The summed E-state index contributed by atoms with van der Waals surface area (Å²) in [5.41, 5.74) is 11.0. The zero-order valence-electron chi connectivity index (χ0n) is 12.1. The first-order valence-electron chi connectivity index (χ1n) is 6.85. The van der Waals surface area contributed by atoms with E-state index in [4.69, 9.17) is 5.73 Å². The van der Waals surface area contributed by atoms with Crippen LogP contribution in [0.1, 0.15) is 17.5 Å². The summed E-state index contributed by atoms with van der Waals surface area (Å²) in [5, 5.41) is 2.82. The van der Waals surface area contributed by atoms with Crippen LogP contribution in [0.25, 0.3) is 11.1 Å². The lowest BCUT2D eigenvalue weighted by Crippen LogP contribution is -2.20. The molecular formula is C16H17N3O2. The average molecular weight is 283 g/mol. The highest BCUT2D eigenvalue weighted by molar-refractivity contribution is 5.98. The van der Waals surface area contributed by atoms with E-state index in [2.05, 4.69) is 5.32 Å². The van der Waals surface area contributed by atoms with Crippen LogP contribution in [-0.2, 0) is 18.3 Å². The molecule has 0 unspecified atom stereocenters. The number of fused-ring (bicyclic) bond motifs is 1. The Hall–Kier alpha value is -2.56. The van der Waals surface area contributed by atoms with Gasteiger partial charge in [0.25, 0.3) is 5.56 Å². The van der Waals surface area contributed by atoms with Crippen molar-refractivity contribution in [3.05, 3.63) is 45.9 Å². The zero-order valence-corrected chi connectivity index (χ0v) is 12.1. The van der Waals surface area contributed by atoms with Gasteiger partial charge in [-0.25, -0.2) is 0 Å². The number of amides is 1. The summed E-state index contributed by atoms with van der Waals surface area (Å²) in [6.45, 7) is 1.80. The lowest BCUT2D eigenvalue weighted by atomic mass is 9.96. The van der Waals surface area contributed by atoms with Crippen LogP contribution in [0.3, 0.4) is 0 Å². The Labute approximate surface area is 122 Å². The van der Waals surface area contributed by atoms with Crippen molar-refractivity contribution in [2.75, 3.05) is 11.1 Å². The molecule has 3 rings (SSSR count). The number of aryl methyl sites for hydroxylation is 3. The van der Waals surface area contributed by atoms with E-state index in [1.54, 1.807) is 24.7 Å². The van der Waals surface area contributed by atoms with E-state index >= 15 is 0 Å². The molecule has 0 spiro atoms. The van der Waals surface area contributed by atoms with Gasteiger partial charge in [0.05, 0.1) is 11.4 Å². The number of hydrogen-bond acceptors (Lipinski definition) is 3. The highest BCUT2D eigenvalue weighted by Crippen LogP contribution is 2.34. The van der Waals surface area contributed by atoms with Crippen LogP contribution in [0.15, 0.2) is 29.2 Å². The van der Waals surface area contributed by atoms with Gasteiger partial charge in [0, 0.05) is 25.2 Å². The van der Waals surface area contributed by atoms with Crippen molar-refractivity contribution >= 4 is 17.3 Å². The Morgan fingerprint density at radius 2 is 1.90 bits per heavy atom. The quantitative estimate of drug-likeness (QED) is 0.784. The Morgan fingerprint density at radius 3 is 2.62 bits per heavy atom. The molecule has 0 radical (unpaired) electrons. The van der Waals surface area contributed by atoms with Crippen molar-refractivity contribution in [3.63, 3.8) is 0 Å². The molecule has 0 bridgehead atoms. The van der Waals surface area contributed by atoms with E-state index in [0.717, 1.165) is 22.4 Å². The van der Waals surface area contributed by atoms with E-state index in [1.165, 1.54) is 0 Å². The smallest absolute Gasteiger partial charge is 0.253 e. The van der Waals surface area contributed by atoms with Crippen LogP contribution in [0.2, 0.25) is 0 Å². The summed E-state index contributed by atoms with van der Waals surface area (Å²) in [4.78, 5) is 23.2. The van der Waals surface area contributed by atoms with Gasteiger partial charge < -0.3 is 15.6 Å². The summed E-state index contributed by atoms with van der Waals surface area (Å²) in [7, 11) is 1.74. The molecule has 0 saturated heterocycles. The van der Waals surface area contributed by atoms with E-state index in [-0.39, 0.29) is 11.5 Å². The molecule has 2 heterocycles. The minimum absolute atomic E-state index is 0.0000905. The van der Waals surface area contributed by atoms with Gasteiger partial charge in [-0.3, -0.25) is 9.59 Å². The topological polar surface area (TPSA) is 77.1 Å². The van der Waals surface area contributed by atoms with Crippen LogP contribution in [0.5, 0.6) is 0 Å². The number of anilines is 2. The van der Waals surface area contributed by atoms with Crippen molar-refractivity contribution in [2.45, 2.75) is 19.8 Å². The Bertz CT molecular complexity index is 780. The van der Waals surface area contributed by atoms with Gasteiger partial charge in [-0.2, -0.15) is 0 Å². The van der Waals surface area contributed by atoms with Crippen molar-refractivity contribution in [1.29, 1.82) is 0 Å². The summed E-state index contributed by atoms with van der Waals surface area (Å²) in [6.07, 6.45) is 2.96. The molecule has 0 fully saturated rings. The molecule has 5 nitrogen and oxygen atoms in total. The molecular weight excluding hydrogens is 266 g/mol. The molecule has 1 aliphatic heterocycles. The van der Waals surface area contributed by atoms with Crippen molar-refractivity contribution < 1.29 is 4.79 Å². The average Bonchev–Trinajstić information content (AvgIpc) is 2.44. The second-order valence-corrected chi connectivity index (χ2v) is 5.48. The molecule has 1 amide bonds. The molecule has 1 aliphatic rings. The normalized spacial score (nSPS) is 13.7. The monoisotopic (exact) mass is 283 g/mol. The maximum atomic E-state index is 11.8. The number of aromatic nitrogens is 1. The largest absolute Gasteiger partial charge is 0.397 e. The van der Waals surface area contributed by atoms with E-state index in [1.807, 2.05) is 18.2 Å². The maximum absolute atomic E-state index is 11.8. The highest BCUT2D eigenvalue weighted by atomic mass is 16.1. The second-order valence-electron chi connectivity index (χ2n) is 5.48. The number of nitrogen functional groups attached to an aromatic ring is 1. The number of hydrogen-bond donors (Lipinski definition) is 2. The van der Waals surface area contributed by atoms with Crippen molar-refractivity contribution in [2.24, 2.45) is 7.05 Å². The maximum Gasteiger partial charge on any atom is 0.253 e. The van der Waals surface area contributed by atoms with Crippen molar-refractivity contribution in [3.8, 4) is 11.1 Å². The highest BCUT2D eigenvalue weighted by Gasteiger charge is 2.18. The van der Waals surface area contributed by atoms with Crippen LogP contribution >= 0.6 is 0 Å². The summed E-state index contributed by atoms with van der Waals surface area (Å²) < 4.78 is 1.57. The van der Waals surface area contributed by atoms with E-state index < -0.39 is 0 Å². The second kappa shape index (κ2) is 4.77. The number of carbonyl (C=O) groups excluding carboxylic acids is 1. The van der Waals surface area contributed by atoms with Crippen LogP contribution in [-0.4, -0.2) is 10.5 Å². The predicted molar refractivity (Wildman–Crippen MR) is 83.2 cm³/mol. The van der Waals surface area contributed by atoms with Crippen LogP contribution < -0.4 is 16.6 Å². The van der Waals surface area contributed by atoms with Gasteiger partial charge in [-0.15, -0.1) is 0 Å². The minimum Gasteiger partial charge on any atom is -0.397 e. The number of nitrogens with zero attached hydrogens (tertiary/aromatic N) is 1. The summed E-state index contributed by atoms with van der Waals surface area (Å²) in [6, 6.07) is 5.74. The predicted octanol–water partition coefficient (Wildman–Crippen LogP) is 1.83. The molecule has 3 N–H and O–H groups in total. The van der Waals surface area contributed by atoms with E-state index in [9.17, 15) is 9.59 Å². The number of pyridine rings is 1. The van der Waals surface area contributed by atoms with Gasteiger partial charge in [-0.05, 0) is 48.2 Å². The van der Waals surface area contributed by atoms with Gasteiger partial charge in [0.1, 0.15) is 0 Å².